The van der Waals surface area contributed by atoms with Crippen LogP contribution in [0.25, 0.3) is 28.1 Å². The lowest BCUT2D eigenvalue weighted by Crippen LogP contribution is -2.30. The van der Waals surface area contributed by atoms with Crippen molar-refractivity contribution < 1.29 is 22.7 Å². The van der Waals surface area contributed by atoms with Gasteiger partial charge in [-0.15, -0.1) is 18.3 Å². The number of alkyl halides is 3. The first-order valence-electron chi connectivity index (χ1n) is 12.3. The first kappa shape index (κ1) is 26.4. The van der Waals surface area contributed by atoms with Gasteiger partial charge >= 0.3 is 6.36 Å². The van der Waals surface area contributed by atoms with E-state index >= 15 is 0 Å². The van der Waals surface area contributed by atoms with Crippen LogP contribution in [-0.2, 0) is 4.79 Å². The van der Waals surface area contributed by atoms with Crippen LogP contribution in [0, 0.1) is 13.8 Å². The van der Waals surface area contributed by atoms with Crippen molar-refractivity contribution in [2.75, 3.05) is 10.7 Å². The standard InChI is InChI=1S/C28H20F3N7O2S/c1-16-4-3-5-17(2)25(16)35-27-38(24(39)14-41-27)23-13-32-21-11-6-18(12-22(21)34-23)26-33-15-37(36-26)19-7-9-20(10-8-19)40-28(29,30)31/h3-13,15H,14H2,1-2H3. The molecule has 0 saturated carbocycles. The molecule has 0 N–H and O–H groups in total. The minimum atomic E-state index is -4.77. The number of fused-ring (bicyclic) bond motifs is 1. The van der Waals surface area contributed by atoms with Crippen LogP contribution in [0.15, 0.2) is 78.2 Å². The summed E-state index contributed by atoms with van der Waals surface area (Å²) in [5.41, 5.74) is 5.11. The third-order valence-corrected chi connectivity index (χ3v) is 7.18. The van der Waals surface area contributed by atoms with Crippen molar-refractivity contribution in [3.63, 3.8) is 0 Å². The van der Waals surface area contributed by atoms with E-state index in [0.717, 1.165) is 16.8 Å². The summed E-state index contributed by atoms with van der Waals surface area (Å²) in [6.07, 6.45) is -1.77. The normalized spacial score (nSPS) is 14.8. The number of rotatable bonds is 5. The van der Waals surface area contributed by atoms with Crippen molar-refractivity contribution in [2.45, 2.75) is 20.2 Å². The molecular formula is C28H20F3N7O2S. The van der Waals surface area contributed by atoms with Gasteiger partial charge in [0.05, 0.1) is 34.4 Å². The quantitative estimate of drug-likeness (QED) is 0.248. The predicted octanol–water partition coefficient (Wildman–Crippen LogP) is 6.16. The topological polar surface area (TPSA) is 98.4 Å². The molecule has 9 nitrogen and oxygen atoms in total. The molecule has 0 aliphatic carbocycles. The Kier molecular flexibility index (Phi) is 6.66. The first-order chi connectivity index (χ1) is 19.6. The highest BCUT2D eigenvalue weighted by Crippen LogP contribution is 2.32. The fraction of sp³-hybridized carbons (Fsp3) is 0.143. The molecule has 1 aliphatic heterocycles. The van der Waals surface area contributed by atoms with Gasteiger partial charge in [-0.05, 0) is 67.4 Å². The van der Waals surface area contributed by atoms with Crippen LogP contribution in [0.2, 0.25) is 0 Å². The Bertz CT molecular complexity index is 1800. The van der Waals surface area contributed by atoms with Gasteiger partial charge in [-0.3, -0.25) is 9.78 Å². The molecule has 0 atom stereocenters. The minimum Gasteiger partial charge on any atom is -0.406 e. The average molecular weight is 576 g/mol. The van der Waals surface area contributed by atoms with Crippen LogP contribution >= 0.6 is 11.8 Å². The molecule has 6 rings (SSSR count). The predicted molar refractivity (Wildman–Crippen MR) is 150 cm³/mol. The lowest BCUT2D eigenvalue weighted by atomic mass is 10.1. The van der Waals surface area contributed by atoms with E-state index in [1.54, 1.807) is 24.4 Å². The zero-order chi connectivity index (χ0) is 28.7. The number of benzene rings is 3. The van der Waals surface area contributed by atoms with Gasteiger partial charge in [0.1, 0.15) is 12.1 Å². The van der Waals surface area contributed by atoms with Crippen LogP contribution in [0.4, 0.5) is 24.7 Å². The molecule has 2 aromatic heterocycles. The Morgan fingerprint density at radius 2 is 1.73 bits per heavy atom. The maximum Gasteiger partial charge on any atom is 0.573 e. The molecule has 3 heterocycles. The highest BCUT2D eigenvalue weighted by Gasteiger charge is 2.32. The molecule has 0 radical (unpaired) electrons. The second-order valence-corrected chi connectivity index (χ2v) is 10.1. The van der Waals surface area contributed by atoms with E-state index in [1.165, 1.54) is 51.9 Å². The van der Waals surface area contributed by atoms with Crippen molar-refractivity contribution in [1.82, 2.24) is 24.7 Å². The summed E-state index contributed by atoms with van der Waals surface area (Å²) in [5.74, 6) is 0.502. The maximum absolute atomic E-state index is 12.9. The molecule has 3 aromatic carbocycles. The molecule has 0 spiro atoms. The number of anilines is 1. The van der Waals surface area contributed by atoms with Crippen LogP contribution in [0.3, 0.4) is 0 Å². The summed E-state index contributed by atoms with van der Waals surface area (Å²) >= 11 is 1.35. The molecule has 41 heavy (non-hydrogen) atoms. The van der Waals surface area contributed by atoms with Crippen molar-refractivity contribution in [3.05, 3.63) is 84.3 Å². The van der Waals surface area contributed by atoms with Gasteiger partial charge < -0.3 is 4.74 Å². The second-order valence-electron chi connectivity index (χ2n) is 9.14. The number of carbonyl (C=O) groups excluding carboxylic acids is 1. The van der Waals surface area contributed by atoms with E-state index in [-0.39, 0.29) is 17.4 Å². The second kappa shape index (κ2) is 10.3. The summed E-state index contributed by atoms with van der Waals surface area (Å²) in [7, 11) is 0. The fourth-order valence-corrected chi connectivity index (χ4v) is 5.18. The molecule has 13 heteroatoms. The molecule has 5 aromatic rings. The largest absolute Gasteiger partial charge is 0.573 e. The SMILES string of the molecule is Cc1cccc(C)c1N=C1SCC(=O)N1c1cnc2ccc(-c3ncn(-c4ccc(OC(F)(F)F)cc4)n3)cc2n1. The van der Waals surface area contributed by atoms with Crippen molar-refractivity contribution in [3.8, 4) is 22.8 Å². The average Bonchev–Trinajstić information content (AvgIpc) is 3.57. The van der Waals surface area contributed by atoms with Gasteiger partial charge in [-0.2, -0.15) is 0 Å². The van der Waals surface area contributed by atoms with Crippen LogP contribution in [0.1, 0.15) is 11.1 Å². The number of hydrogen-bond acceptors (Lipinski definition) is 8. The number of amides is 1. The van der Waals surface area contributed by atoms with Crippen LogP contribution in [-0.4, -0.2) is 47.9 Å². The van der Waals surface area contributed by atoms with E-state index < -0.39 is 6.36 Å². The molecule has 1 saturated heterocycles. The van der Waals surface area contributed by atoms with E-state index in [0.29, 0.717) is 39.1 Å². The number of aromatic nitrogens is 5. The number of aliphatic imine (C=N–C) groups is 1. The van der Waals surface area contributed by atoms with E-state index in [2.05, 4.69) is 19.8 Å². The summed E-state index contributed by atoms with van der Waals surface area (Å²) in [5, 5.41) is 4.99. The summed E-state index contributed by atoms with van der Waals surface area (Å²) in [4.78, 5) is 32.7. The van der Waals surface area contributed by atoms with Crippen molar-refractivity contribution in [2.24, 2.45) is 4.99 Å². The number of hydrogen-bond donors (Lipinski definition) is 0. The van der Waals surface area contributed by atoms with Gasteiger partial charge in [0.2, 0.25) is 5.91 Å². The zero-order valence-corrected chi connectivity index (χ0v) is 22.4. The van der Waals surface area contributed by atoms with Crippen molar-refractivity contribution >= 4 is 45.4 Å². The number of nitrogens with zero attached hydrogens (tertiary/aromatic N) is 7. The molecular weight excluding hydrogens is 555 g/mol. The third-order valence-electron chi connectivity index (χ3n) is 6.26. The summed E-state index contributed by atoms with van der Waals surface area (Å²) in [6.45, 7) is 3.95. The Morgan fingerprint density at radius 3 is 2.46 bits per heavy atom. The third kappa shape index (κ3) is 5.48. The number of aryl methyl sites for hydroxylation is 2. The van der Waals surface area contributed by atoms with Crippen LogP contribution < -0.4 is 9.64 Å². The molecule has 1 aliphatic rings. The van der Waals surface area contributed by atoms with E-state index in [1.807, 2.05) is 32.0 Å². The molecule has 0 bridgehead atoms. The van der Waals surface area contributed by atoms with E-state index in [4.69, 9.17) is 9.98 Å². The van der Waals surface area contributed by atoms with Gasteiger partial charge in [0.25, 0.3) is 0 Å². The van der Waals surface area contributed by atoms with Crippen molar-refractivity contribution in [1.29, 1.82) is 0 Å². The fourth-order valence-electron chi connectivity index (χ4n) is 4.32. The monoisotopic (exact) mass is 575 g/mol. The molecule has 1 fully saturated rings. The number of para-hydroxylation sites is 1. The lowest BCUT2D eigenvalue weighted by Gasteiger charge is -2.16. The molecule has 0 unspecified atom stereocenters. The van der Waals surface area contributed by atoms with Gasteiger partial charge in [-0.1, -0.05) is 30.0 Å². The van der Waals surface area contributed by atoms with Gasteiger partial charge in [-0.25, -0.2) is 24.5 Å². The molecule has 1 amide bonds. The number of carbonyl (C=O) groups is 1. The number of thioether (sulfide) groups is 1. The highest BCUT2D eigenvalue weighted by atomic mass is 32.2. The molecule has 206 valence electrons. The Balaban J connectivity index is 1.30. The Labute approximate surface area is 235 Å². The lowest BCUT2D eigenvalue weighted by molar-refractivity contribution is -0.274. The van der Waals surface area contributed by atoms with Crippen LogP contribution in [0.5, 0.6) is 5.75 Å². The summed E-state index contributed by atoms with van der Waals surface area (Å²) in [6, 6.07) is 16.5. The smallest absolute Gasteiger partial charge is 0.406 e. The highest BCUT2D eigenvalue weighted by molar-refractivity contribution is 8.15. The van der Waals surface area contributed by atoms with Gasteiger partial charge in [0.15, 0.2) is 16.8 Å². The number of ether oxygens (including phenoxy) is 1. The zero-order valence-electron chi connectivity index (χ0n) is 21.6. The first-order valence-corrected chi connectivity index (χ1v) is 13.3. The Morgan fingerprint density at radius 1 is 0.976 bits per heavy atom. The van der Waals surface area contributed by atoms with E-state index in [9.17, 15) is 18.0 Å². The maximum atomic E-state index is 12.9. The Hall–Kier alpha value is -4.78. The number of amidine groups is 1. The number of halogens is 3. The summed E-state index contributed by atoms with van der Waals surface area (Å²) < 4.78 is 42.7. The minimum absolute atomic E-state index is 0.142. The van der Waals surface area contributed by atoms with Gasteiger partial charge in [0, 0.05) is 5.56 Å².